The van der Waals surface area contributed by atoms with Gasteiger partial charge >= 0.3 is 6.18 Å². The van der Waals surface area contributed by atoms with Gasteiger partial charge in [0.2, 0.25) is 0 Å². The SMILES string of the molecule is CCCC1(N)NCN(C)C2C1CCN2[C@@H]1O[C@H]([C@H](O)c2ccc(F)c(C(F)(F)F)c2)[C@@](C)(O)[C@H]1O. The van der Waals surface area contributed by atoms with Crippen LogP contribution in [0.1, 0.15) is 50.3 Å². The van der Waals surface area contributed by atoms with Gasteiger partial charge in [-0.3, -0.25) is 15.1 Å². The van der Waals surface area contributed by atoms with Crippen LogP contribution in [0.4, 0.5) is 17.6 Å². The highest BCUT2D eigenvalue weighted by Crippen LogP contribution is 2.45. The van der Waals surface area contributed by atoms with Gasteiger partial charge in [-0.05, 0) is 44.5 Å². The van der Waals surface area contributed by atoms with Crippen molar-refractivity contribution in [2.24, 2.45) is 11.7 Å². The molecule has 35 heavy (non-hydrogen) atoms. The number of alkyl halides is 3. The number of halogens is 4. The second kappa shape index (κ2) is 9.18. The van der Waals surface area contributed by atoms with Crippen LogP contribution in [0.5, 0.6) is 0 Å². The van der Waals surface area contributed by atoms with Crippen LogP contribution in [-0.2, 0) is 10.9 Å². The number of rotatable bonds is 5. The van der Waals surface area contributed by atoms with Gasteiger partial charge in [0.05, 0.1) is 24.1 Å². The number of benzene rings is 1. The summed E-state index contributed by atoms with van der Waals surface area (Å²) in [4.78, 5) is 3.92. The minimum absolute atomic E-state index is 0.00244. The van der Waals surface area contributed by atoms with Gasteiger partial charge < -0.3 is 25.8 Å². The molecule has 8 nitrogen and oxygen atoms in total. The molecule has 6 N–H and O–H groups in total. The summed E-state index contributed by atoms with van der Waals surface area (Å²) < 4.78 is 59.3. The van der Waals surface area contributed by atoms with Crippen LogP contribution in [0.3, 0.4) is 0 Å². The van der Waals surface area contributed by atoms with Gasteiger partial charge in [0.15, 0.2) is 0 Å². The zero-order valence-electron chi connectivity index (χ0n) is 20.0. The van der Waals surface area contributed by atoms with Gasteiger partial charge in [0.1, 0.15) is 36.0 Å². The third-order valence-corrected chi connectivity index (χ3v) is 7.81. The fourth-order valence-electron chi connectivity index (χ4n) is 5.94. The first-order valence-electron chi connectivity index (χ1n) is 11.8. The standard InChI is InChI=1S/C23H34F4N4O4/c1-4-8-22(28)13-7-9-31(19(13)30(3)11-29-22)20-17(33)21(2,34)18(35-20)16(32)12-5-6-15(24)14(10-12)23(25,26)27/h5-6,10,13,16-20,29,32-34H,4,7-9,11,28H2,1-3H3/t13?,16-,17+,18-,19?,20-,21+,22?/m1/s1. The molecular weight excluding hydrogens is 472 g/mol. The van der Waals surface area contributed by atoms with E-state index < -0.39 is 53.4 Å². The van der Waals surface area contributed by atoms with E-state index in [1.807, 2.05) is 23.8 Å². The van der Waals surface area contributed by atoms with Crippen molar-refractivity contribution in [3.8, 4) is 0 Å². The summed E-state index contributed by atoms with van der Waals surface area (Å²) in [6, 6.07) is 2.12. The third kappa shape index (κ3) is 4.48. The molecule has 0 bridgehead atoms. The summed E-state index contributed by atoms with van der Waals surface area (Å²) in [5, 5.41) is 36.5. The number of nitrogens with zero attached hydrogens (tertiary/aromatic N) is 2. The average Bonchev–Trinajstić information content (AvgIpc) is 3.31. The molecule has 3 heterocycles. The van der Waals surface area contributed by atoms with Gasteiger partial charge in [-0.25, -0.2) is 4.39 Å². The summed E-state index contributed by atoms with van der Waals surface area (Å²) in [7, 11) is 1.90. The van der Waals surface area contributed by atoms with E-state index in [4.69, 9.17) is 10.5 Å². The Bertz CT molecular complexity index is 935. The maximum Gasteiger partial charge on any atom is 0.419 e. The number of nitrogens with one attached hydrogen (secondary N) is 1. The molecule has 3 saturated heterocycles. The van der Waals surface area contributed by atoms with E-state index in [2.05, 4.69) is 5.32 Å². The summed E-state index contributed by atoms with van der Waals surface area (Å²) in [6.45, 7) is 4.31. The molecule has 1 aromatic carbocycles. The van der Waals surface area contributed by atoms with E-state index >= 15 is 0 Å². The first-order chi connectivity index (χ1) is 16.2. The van der Waals surface area contributed by atoms with Gasteiger partial charge in [0.25, 0.3) is 0 Å². The predicted octanol–water partition coefficient (Wildman–Crippen LogP) is 1.31. The minimum atomic E-state index is -4.96. The monoisotopic (exact) mass is 506 g/mol. The normalized spacial score (nSPS) is 39.7. The van der Waals surface area contributed by atoms with Crippen molar-refractivity contribution >= 4 is 0 Å². The van der Waals surface area contributed by atoms with Gasteiger partial charge in [-0.2, -0.15) is 13.2 Å². The maximum atomic E-state index is 13.7. The molecule has 3 aliphatic rings. The Balaban J connectivity index is 1.60. The summed E-state index contributed by atoms with van der Waals surface area (Å²) in [5.74, 6) is -1.47. The van der Waals surface area contributed by atoms with Crippen molar-refractivity contribution in [2.75, 3.05) is 20.3 Å². The molecule has 0 aromatic heterocycles. The highest BCUT2D eigenvalue weighted by Gasteiger charge is 2.61. The number of hydrogen-bond donors (Lipinski definition) is 5. The Hall–Kier alpha value is -1.38. The van der Waals surface area contributed by atoms with Crippen LogP contribution in [0.25, 0.3) is 0 Å². The number of aliphatic hydroxyl groups is 3. The van der Waals surface area contributed by atoms with Crippen LogP contribution in [0.2, 0.25) is 0 Å². The lowest BCUT2D eigenvalue weighted by molar-refractivity contribution is -0.153. The minimum Gasteiger partial charge on any atom is -0.386 e. The van der Waals surface area contributed by atoms with Crippen molar-refractivity contribution < 1.29 is 37.6 Å². The van der Waals surface area contributed by atoms with Crippen LogP contribution in [-0.4, -0.2) is 81.2 Å². The zero-order valence-corrected chi connectivity index (χ0v) is 20.0. The molecule has 8 atom stereocenters. The number of hydrogen-bond acceptors (Lipinski definition) is 8. The van der Waals surface area contributed by atoms with Crippen molar-refractivity contribution in [3.63, 3.8) is 0 Å². The van der Waals surface area contributed by atoms with E-state index in [1.54, 1.807) is 0 Å². The van der Waals surface area contributed by atoms with Crippen LogP contribution >= 0.6 is 0 Å². The van der Waals surface area contributed by atoms with Gasteiger partial charge in [-0.1, -0.05) is 19.4 Å². The maximum absolute atomic E-state index is 13.7. The van der Waals surface area contributed by atoms with E-state index in [1.165, 1.54) is 6.92 Å². The molecule has 12 heteroatoms. The lowest BCUT2D eigenvalue weighted by Gasteiger charge is -2.50. The molecular formula is C23H34F4N4O4. The first kappa shape index (κ1) is 26.7. The van der Waals surface area contributed by atoms with Crippen molar-refractivity contribution in [3.05, 3.63) is 35.1 Å². The quantitative estimate of drug-likeness (QED) is 0.380. The number of nitrogens with two attached hydrogens (primary N) is 1. The Labute approximate surface area is 201 Å². The molecule has 198 valence electrons. The topological polar surface area (TPSA) is 114 Å². The number of likely N-dealkylation sites (tertiary alicyclic amines) is 1. The van der Waals surface area contributed by atoms with Crippen LogP contribution in [0, 0.1) is 11.7 Å². The largest absolute Gasteiger partial charge is 0.419 e. The van der Waals surface area contributed by atoms with E-state index in [9.17, 15) is 32.9 Å². The molecule has 3 fully saturated rings. The number of fused-ring (bicyclic) bond motifs is 1. The smallest absolute Gasteiger partial charge is 0.386 e. The fourth-order valence-corrected chi connectivity index (χ4v) is 5.94. The number of aliphatic hydroxyl groups excluding tert-OH is 2. The average molecular weight is 507 g/mol. The zero-order chi connectivity index (χ0) is 25.9. The van der Waals surface area contributed by atoms with Crippen molar-refractivity contribution in [1.82, 2.24) is 15.1 Å². The Kier molecular flexibility index (Phi) is 6.99. The van der Waals surface area contributed by atoms with Crippen LogP contribution < -0.4 is 11.1 Å². The molecule has 0 radical (unpaired) electrons. The molecule has 3 aliphatic heterocycles. The van der Waals surface area contributed by atoms with E-state index in [0.717, 1.165) is 18.9 Å². The Morgan fingerprint density at radius 2 is 2.03 bits per heavy atom. The second-order valence-electron chi connectivity index (χ2n) is 10.2. The molecule has 0 spiro atoms. The van der Waals surface area contributed by atoms with Crippen molar-refractivity contribution in [2.45, 2.75) is 81.3 Å². The predicted molar refractivity (Wildman–Crippen MR) is 118 cm³/mol. The van der Waals surface area contributed by atoms with E-state index in [-0.39, 0.29) is 17.6 Å². The molecule has 4 rings (SSSR count). The Morgan fingerprint density at radius 3 is 2.66 bits per heavy atom. The third-order valence-electron chi connectivity index (χ3n) is 7.81. The lowest BCUT2D eigenvalue weighted by atomic mass is 9.84. The molecule has 1 aromatic rings. The van der Waals surface area contributed by atoms with Crippen LogP contribution in [0.15, 0.2) is 18.2 Å². The molecule has 0 amide bonds. The van der Waals surface area contributed by atoms with Crippen molar-refractivity contribution in [1.29, 1.82) is 0 Å². The number of ether oxygens (including phenoxy) is 1. The highest BCUT2D eigenvalue weighted by atomic mass is 19.4. The molecule has 0 aliphatic carbocycles. The summed E-state index contributed by atoms with van der Waals surface area (Å²) in [5.41, 5.74) is 2.28. The Morgan fingerprint density at radius 1 is 1.34 bits per heavy atom. The highest BCUT2D eigenvalue weighted by molar-refractivity contribution is 5.30. The fraction of sp³-hybridized carbons (Fsp3) is 0.739. The molecule has 3 unspecified atom stereocenters. The summed E-state index contributed by atoms with van der Waals surface area (Å²) >= 11 is 0. The van der Waals surface area contributed by atoms with Gasteiger partial charge in [0, 0.05) is 12.5 Å². The van der Waals surface area contributed by atoms with Gasteiger partial charge in [-0.15, -0.1) is 0 Å². The first-order valence-corrected chi connectivity index (χ1v) is 11.8. The molecule has 0 saturated carbocycles. The van der Waals surface area contributed by atoms with E-state index in [0.29, 0.717) is 31.8 Å². The summed E-state index contributed by atoms with van der Waals surface area (Å²) in [6.07, 6.45) is -8.57. The second-order valence-corrected chi connectivity index (χ2v) is 10.2. The lowest BCUT2D eigenvalue weighted by Crippen LogP contribution is -2.71.